The molecule has 0 atom stereocenters. The van der Waals surface area contributed by atoms with Crippen molar-refractivity contribution >= 4 is 28.2 Å². The summed E-state index contributed by atoms with van der Waals surface area (Å²) in [4.78, 5) is 22.2. The fraction of sp³-hybridized carbons (Fsp3) is 0.292. The number of likely N-dealkylation sites (tertiary alicyclic amines) is 1. The van der Waals surface area contributed by atoms with Crippen LogP contribution in [0.15, 0.2) is 52.6 Å². The van der Waals surface area contributed by atoms with Crippen molar-refractivity contribution in [3.8, 4) is 5.75 Å². The zero-order valence-electron chi connectivity index (χ0n) is 17.8. The van der Waals surface area contributed by atoms with Crippen molar-refractivity contribution in [1.82, 2.24) is 14.6 Å². The van der Waals surface area contributed by atoms with Crippen molar-refractivity contribution in [2.45, 2.75) is 26.3 Å². The van der Waals surface area contributed by atoms with Crippen LogP contribution in [0, 0.1) is 6.92 Å². The highest BCUT2D eigenvalue weighted by Crippen LogP contribution is 2.22. The van der Waals surface area contributed by atoms with Crippen LogP contribution in [0.3, 0.4) is 0 Å². The number of rotatable bonds is 5. The molecule has 1 aliphatic rings. The molecule has 158 valence electrons. The highest BCUT2D eigenvalue weighted by molar-refractivity contribution is 6.04. The number of fused-ring (bicyclic) bond motifs is 3. The Morgan fingerprint density at radius 2 is 2.06 bits per heavy atom. The molecule has 0 amide bonds. The number of H-pyrrole nitrogens is 1. The van der Waals surface area contributed by atoms with E-state index in [4.69, 9.17) is 4.74 Å². The number of nitrogens with zero attached hydrogens (tertiary/aromatic N) is 3. The van der Waals surface area contributed by atoms with Gasteiger partial charge in [0.2, 0.25) is 0 Å². The minimum Gasteiger partial charge on any atom is -0.496 e. The van der Waals surface area contributed by atoms with Crippen LogP contribution in [0.2, 0.25) is 0 Å². The third kappa shape index (κ3) is 3.72. The first-order chi connectivity index (χ1) is 15.1. The first-order valence-electron chi connectivity index (χ1n) is 10.7. The molecular formula is C24H26N5O2+. The third-order valence-corrected chi connectivity index (χ3v) is 6.03. The number of aromatic amines is 1. The highest BCUT2D eigenvalue weighted by Gasteiger charge is 2.18. The van der Waals surface area contributed by atoms with Crippen molar-refractivity contribution in [2.24, 2.45) is 5.10 Å². The second-order valence-electron chi connectivity index (χ2n) is 8.24. The maximum Gasteiger partial charge on any atom is 0.298 e. The average molecular weight is 417 g/mol. The molecule has 7 heteroatoms. The fourth-order valence-electron chi connectivity index (χ4n) is 4.41. The van der Waals surface area contributed by atoms with Crippen molar-refractivity contribution in [3.05, 3.63) is 69.8 Å². The summed E-state index contributed by atoms with van der Waals surface area (Å²) >= 11 is 0. The third-order valence-electron chi connectivity index (χ3n) is 6.03. The first kappa shape index (κ1) is 19.5. The van der Waals surface area contributed by atoms with Crippen LogP contribution < -0.4 is 15.2 Å². The van der Waals surface area contributed by atoms with Crippen LogP contribution >= 0.6 is 0 Å². The first-order valence-corrected chi connectivity index (χ1v) is 10.7. The van der Waals surface area contributed by atoms with E-state index >= 15 is 0 Å². The Kier molecular flexibility index (Phi) is 5.03. The lowest BCUT2D eigenvalue weighted by Gasteiger charge is -2.15. The Morgan fingerprint density at radius 3 is 2.87 bits per heavy atom. The summed E-state index contributed by atoms with van der Waals surface area (Å²) in [6.07, 6.45) is 5.74. The zero-order valence-corrected chi connectivity index (χ0v) is 17.8. The van der Waals surface area contributed by atoms with Crippen molar-refractivity contribution in [2.75, 3.05) is 20.2 Å². The normalized spacial score (nSPS) is 14.9. The smallest absolute Gasteiger partial charge is 0.298 e. The highest BCUT2D eigenvalue weighted by atomic mass is 16.5. The van der Waals surface area contributed by atoms with Crippen molar-refractivity contribution in [1.29, 1.82) is 0 Å². The predicted octanol–water partition coefficient (Wildman–Crippen LogP) is 2.26. The number of hydrogen-bond acceptors (Lipinski definition) is 4. The quantitative estimate of drug-likeness (QED) is 0.490. The van der Waals surface area contributed by atoms with Gasteiger partial charge in [0.1, 0.15) is 29.7 Å². The Bertz CT molecular complexity index is 1350. The summed E-state index contributed by atoms with van der Waals surface area (Å²) in [6.45, 7) is 5.37. The van der Waals surface area contributed by atoms with Crippen LogP contribution in [-0.2, 0) is 6.54 Å². The minimum atomic E-state index is -0.217. The molecule has 31 heavy (non-hydrogen) atoms. The van der Waals surface area contributed by atoms with Gasteiger partial charge in [0.25, 0.3) is 5.56 Å². The molecule has 2 aromatic heterocycles. The number of quaternary nitrogens is 1. The van der Waals surface area contributed by atoms with Gasteiger partial charge in [0.05, 0.1) is 26.4 Å². The van der Waals surface area contributed by atoms with E-state index < -0.39 is 0 Å². The van der Waals surface area contributed by atoms with Gasteiger partial charge in [-0.3, -0.25) is 4.79 Å². The van der Waals surface area contributed by atoms with Gasteiger partial charge in [-0.2, -0.15) is 9.78 Å². The molecule has 0 spiro atoms. The molecule has 2 aromatic carbocycles. The van der Waals surface area contributed by atoms with Crippen LogP contribution in [0.25, 0.3) is 21.9 Å². The maximum atomic E-state index is 13.0. The molecule has 1 saturated heterocycles. The Balaban J connectivity index is 1.47. The van der Waals surface area contributed by atoms with Crippen LogP contribution in [0.4, 0.5) is 0 Å². The summed E-state index contributed by atoms with van der Waals surface area (Å²) in [6, 6.07) is 12.0. The SMILES string of the molecule is COc1ccc(/C=N\n2cnc3c([nH]c4ccc(C)cc43)c2=O)cc1C[NH+]1CCCC1. The fourth-order valence-corrected chi connectivity index (χ4v) is 4.41. The van der Waals surface area contributed by atoms with Crippen molar-refractivity contribution in [3.63, 3.8) is 0 Å². The summed E-state index contributed by atoms with van der Waals surface area (Å²) in [5, 5.41) is 5.34. The Morgan fingerprint density at radius 1 is 1.23 bits per heavy atom. The van der Waals surface area contributed by atoms with Gasteiger partial charge in [0.15, 0.2) is 0 Å². The van der Waals surface area contributed by atoms with Gasteiger partial charge in [-0.15, -0.1) is 0 Å². The van der Waals surface area contributed by atoms with Gasteiger partial charge < -0.3 is 14.6 Å². The van der Waals surface area contributed by atoms with Gasteiger partial charge in [-0.25, -0.2) is 4.98 Å². The van der Waals surface area contributed by atoms with Crippen molar-refractivity contribution < 1.29 is 9.64 Å². The molecule has 1 fully saturated rings. The van der Waals surface area contributed by atoms with Gasteiger partial charge >= 0.3 is 0 Å². The molecule has 5 rings (SSSR count). The average Bonchev–Trinajstić information content (AvgIpc) is 3.41. The lowest BCUT2D eigenvalue weighted by molar-refractivity contribution is -0.901. The van der Waals surface area contributed by atoms with E-state index in [1.54, 1.807) is 18.2 Å². The van der Waals surface area contributed by atoms with E-state index in [-0.39, 0.29) is 5.56 Å². The number of nitrogens with one attached hydrogen (secondary N) is 2. The molecule has 1 aliphatic heterocycles. The molecule has 3 heterocycles. The molecule has 7 nitrogen and oxygen atoms in total. The van der Waals surface area contributed by atoms with Crippen LogP contribution in [0.1, 0.15) is 29.5 Å². The molecule has 0 radical (unpaired) electrons. The molecular weight excluding hydrogens is 390 g/mol. The van der Waals surface area contributed by atoms with Crippen LogP contribution in [0.5, 0.6) is 5.75 Å². The summed E-state index contributed by atoms with van der Waals surface area (Å²) in [5.41, 5.74) is 5.04. The Labute approximate surface area is 180 Å². The van der Waals surface area contributed by atoms with E-state index in [0.717, 1.165) is 39.9 Å². The van der Waals surface area contributed by atoms with E-state index in [2.05, 4.69) is 21.1 Å². The lowest BCUT2D eigenvalue weighted by Crippen LogP contribution is -3.08. The molecule has 0 aliphatic carbocycles. The second kappa shape index (κ2) is 8.00. The number of hydrogen-bond donors (Lipinski definition) is 2. The molecule has 0 bridgehead atoms. The van der Waals surface area contributed by atoms with Crippen LogP contribution in [-0.4, -0.2) is 41.1 Å². The predicted molar refractivity (Wildman–Crippen MR) is 122 cm³/mol. The number of benzene rings is 2. The topological polar surface area (TPSA) is 76.7 Å². The van der Waals surface area contributed by atoms with E-state index in [0.29, 0.717) is 11.0 Å². The standard InChI is InChI=1S/C24H25N5O2/c1-16-5-7-20-19(11-16)22-23(27-20)24(30)29(15-25-22)26-13-17-6-8-21(31-2)18(12-17)14-28-9-3-4-10-28/h5-8,11-13,15,27H,3-4,9-10,14H2,1-2H3/p+1/b26-13-. The largest absolute Gasteiger partial charge is 0.496 e. The summed E-state index contributed by atoms with van der Waals surface area (Å²) in [7, 11) is 1.70. The summed E-state index contributed by atoms with van der Waals surface area (Å²) < 4.78 is 6.83. The molecule has 0 unspecified atom stereocenters. The monoisotopic (exact) mass is 416 g/mol. The van der Waals surface area contributed by atoms with E-state index in [9.17, 15) is 4.79 Å². The minimum absolute atomic E-state index is 0.217. The number of ether oxygens (including phenoxy) is 1. The lowest BCUT2D eigenvalue weighted by atomic mass is 10.1. The van der Waals surface area contributed by atoms with E-state index in [1.807, 2.05) is 37.3 Å². The van der Waals surface area contributed by atoms with Gasteiger partial charge in [-0.05, 0) is 42.8 Å². The Hall–Kier alpha value is -3.45. The number of aromatic nitrogens is 3. The molecule has 4 aromatic rings. The molecule has 0 saturated carbocycles. The van der Waals surface area contributed by atoms with Gasteiger partial charge in [-0.1, -0.05) is 11.6 Å². The van der Waals surface area contributed by atoms with E-state index in [1.165, 1.54) is 36.9 Å². The number of methoxy groups -OCH3 is 1. The van der Waals surface area contributed by atoms with Gasteiger partial charge in [0, 0.05) is 29.3 Å². The maximum absolute atomic E-state index is 13.0. The molecule has 2 N–H and O–H groups in total. The second-order valence-corrected chi connectivity index (χ2v) is 8.24. The summed E-state index contributed by atoms with van der Waals surface area (Å²) in [5.74, 6) is 0.894. The number of aryl methyl sites for hydroxylation is 1. The zero-order chi connectivity index (χ0) is 21.4.